The van der Waals surface area contributed by atoms with Crippen LogP contribution in [0, 0.1) is 0 Å². The first-order chi connectivity index (χ1) is 8.31. The SMILES string of the molecule is CCCOCCOCCOCCOC(=O)CC. The molecule has 0 atom stereocenters. The first-order valence-corrected chi connectivity index (χ1v) is 6.20. The maximum atomic E-state index is 10.8. The van der Waals surface area contributed by atoms with Crippen molar-refractivity contribution < 1.29 is 23.7 Å². The van der Waals surface area contributed by atoms with Crippen molar-refractivity contribution in [1.29, 1.82) is 0 Å². The molecule has 0 aliphatic rings. The average Bonchev–Trinajstić information content (AvgIpc) is 2.35. The Morgan fingerprint density at radius 2 is 1.24 bits per heavy atom. The Morgan fingerprint density at radius 1 is 0.765 bits per heavy atom. The molecule has 0 rings (SSSR count). The van der Waals surface area contributed by atoms with Gasteiger partial charge in [-0.25, -0.2) is 0 Å². The maximum Gasteiger partial charge on any atom is 0.305 e. The van der Waals surface area contributed by atoms with Crippen molar-refractivity contribution in [3.05, 3.63) is 0 Å². The molecule has 0 aliphatic heterocycles. The van der Waals surface area contributed by atoms with Gasteiger partial charge in [-0.15, -0.1) is 0 Å². The summed E-state index contributed by atoms with van der Waals surface area (Å²) >= 11 is 0. The van der Waals surface area contributed by atoms with Gasteiger partial charge in [0.05, 0.1) is 33.0 Å². The van der Waals surface area contributed by atoms with E-state index in [2.05, 4.69) is 6.92 Å². The van der Waals surface area contributed by atoms with Crippen LogP contribution in [0.5, 0.6) is 0 Å². The van der Waals surface area contributed by atoms with Gasteiger partial charge < -0.3 is 18.9 Å². The lowest BCUT2D eigenvalue weighted by Crippen LogP contribution is -2.13. The van der Waals surface area contributed by atoms with Gasteiger partial charge in [0.2, 0.25) is 0 Å². The van der Waals surface area contributed by atoms with Crippen LogP contribution in [0.1, 0.15) is 26.7 Å². The smallest absolute Gasteiger partial charge is 0.305 e. The van der Waals surface area contributed by atoms with Gasteiger partial charge in [0.1, 0.15) is 6.61 Å². The molecule has 102 valence electrons. The highest BCUT2D eigenvalue weighted by Crippen LogP contribution is 1.86. The predicted octanol–water partition coefficient (Wildman–Crippen LogP) is 1.40. The second-order valence-corrected chi connectivity index (χ2v) is 3.41. The van der Waals surface area contributed by atoms with E-state index in [9.17, 15) is 4.79 Å². The second kappa shape index (κ2) is 13.4. The molecule has 0 saturated carbocycles. The van der Waals surface area contributed by atoms with E-state index in [1.807, 2.05) is 0 Å². The molecular formula is C12H24O5. The molecule has 5 nitrogen and oxygen atoms in total. The van der Waals surface area contributed by atoms with Crippen LogP contribution in [0.2, 0.25) is 0 Å². The molecule has 5 heteroatoms. The molecule has 0 aromatic carbocycles. The molecule has 0 radical (unpaired) electrons. The van der Waals surface area contributed by atoms with Gasteiger partial charge in [0, 0.05) is 13.0 Å². The molecule has 0 aromatic heterocycles. The second-order valence-electron chi connectivity index (χ2n) is 3.41. The minimum Gasteiger partial charge on any atom is -0.463 e. The quantitative estimate of drug-likeness (QED) is 0.386. The topological polar surface area (TPSA) is 54.0 Å². The summed E-state index contributed by atoms with van der Waals surface area (Å²) in [5.41, 5.74) is 0. The van der Waals surface area contributed by atoms with Gasteiger partial charge in [-0.1, -0.05) is 13.8 Å². The fraction of sp³-hybridized carbons (Fsp3) is 0.917. The summed E-state index contributed by atoms with van der Waals surface area (Å²) in [7, 11) is 0. The highest BCUT2D eigenvalue weighted by molar-refractivity contribution is 5.68. The number of hydrogen-bond donors (Lipinski definition) is 0. The Bertz CT molecular complexity index is 172. The summed E-state index contributed by atoms with van der Waals surface area (Å²) < 4.78 is 20.6. The number of carbonyl (C=O) groups excluding carboxylic acids is 1. The molecule has 0 unspecified atom stereocenters. The van der Waals surface area contributed by atoms with Crippen molar-refractivity contribution in [1.82, 2.24) is 0 Å². The van der Waals surface area contributed by atoms with Crippen LogP contribution >= 0.6 is 0 Å². The zero-order chi connectivity index (χ0) is 12.8. The number of esters is 1. The number of carbonyl (C=O) groups is 1. The Hall–Kier alpha value is -0.650. The molecule has 0 spiro atoms. The summed E-state index contributed by atoms with van der Waals surface area (Å²) in [5, 5.41) is 0. The normalized spacial score (nSPS) is 10.5. The Morgan fingerprint density at radius 3 is 1.71 bits per heavy atom. The van der Waals surface area contributed by atoms with E-state index in [-0.39, 0.29) is 5.97 Å². The van der Waals surface area contributed by atoms with Crippen LogP contribution in [0.3, 0.4) is 0 Å². The van der Waals surface area contributed by atoms with E-state index < -0.39 is 0 Å². The fourth-order valence-electron chi connectivity index (χ4n) is 1.00. The van der Waals surface area contributed by atoms with Gasteiger partial charge in [-0.05, 0) is 6.42 Å². The van der Waals surface area contributed by atoms with E-state index in [1.54, 1.807) is 6.92 Å². The standard InChI is InChI=1S/C12H24O5/c1-3-5-14-6-7-15-8-9-16-10-11-17-12(13)4-2/h3-11H2,1-2H3. The van der Waals surface area contributed by atoms with Gasteiger partial charge in [-0.2, -0.15) is 0 Å². The van der Waals surface area contributed by atoms with E-state index in [4.69, 9.17) is 18.9 Å². The van der Waals surface area contributed by atoms with Crippen molar-refractivity contribution in [2.24, 2.45) is 0 Å². The van der Waals surface area contributed by atoms with Crippen molar-refractivity contribution >= 4 is 5.97 Å². The first-order valence-electron chi connectivity index (χ1n) is 6.20. The zero-order valence-corrected chi connectivity index (χ0v) is 10.9. The average molecular weight is 248 g/mol. The third kappa shape index (κ3) is 13.3. The van der Waals surface area contributed by atoms with Crippen molar-refractivity contribution in [2.45, 2.75) is 26.7 Å². The van der Waals surface area contributed by atoms with Gasteiger partial charge in [0.25, 0.3) is 0 Å². The van der Waals surface area contributed by atoms with Crippen molar-refractivity contribution in [3.8, 4) is 0 Å². The zero-order valence-electron chi connectivity index (χ0n) is 10.9. The van der Waals surface area contributed by atoms with Crippen molar-refractivity contribution in [2.75, 3.05) is 46.2 Å². The highest BCUT2D eigenvalue weighted by Gasteiger charge is 1.97. The predicted molar refractivity (Wildman–Crippen MR) is 64.0 cm³/mol. The maximum absolute atomic E-state index is 10.8. The van der Waals surface area contributed by atoms with E-state index in [0.29, 0.717) is 46.1 Å². The summed E-state index contributed by atoms with van der Waals surface area (Å²) in [6.07, 6.45) is 1.43. The molecule has 0 N–H and O–H groups in total. The van der Waals surface area contributed by atoms with Crippen LogP contribution in [0.15, 0.2) is 0 Å². The minimum atomic E-state index is -0.196. The highest BCUT2D eigenvalue weighted by atomic mass is 16.6. The number of ether oxygens (including phenoxy) is 4. The molecule has 0 fully saturated rings. The van der Waals surface area contributed by atoms with Gasteiger partial charge in [0.15, 0.2) is 0 Å². The lowest BCUT2D eigenvalue weighted by molar-refractivity contribution is -0.144. The first kappa shape index (κ1) is 16.4. The Labute approximate surface area is 103 Å². The molecule has 0 aliphatic carbocycles. The van der Waals surface area contributed by atoms with E-state index in [1.165, 1.54) is 0 Å². The lowest BCUT2D eigenvalue weighted by Gasteiger charge is -2.06. The molecule has 0 heterocycles. The van der Waals surface area contributed by atoms with Crippen LogP contribution in [-0.4, -0.2) is 52.2 Å². The molecule has 0 bridgehead atoms. The summed E-state index contributed by atoms with van der Waals surface area (Å²) in [6, 6.07) is 0. The fourth-order valence-corrected chi connectivity index (χ4v) is 1.00. The molecule has 0 amide bonds. The van der Waals surface area contributed by atoms with Crippen molar-refractivity contribution in [3.63, 3.8) is 0 Å². The summed E-state index contributed by atoms with van der Waals surface area (Å²) in [6.45, 7) is 7.61. The lowest BCUT2D eigenvalue weighted by atomic mass is 10.5. The van der Waals surface area contributed by atoms with Crippen LogP contribution in [-0.2, 0) is 23.7 Å². The van der Waals surface area contributed by atoms with Crippen LogP contribution in [0.4, 0.5) is 0 Å². The van der Waals surface area contributed by atoms with Gasteiger partial charge >= 0.3 is 5.97 Å². The molecule has 0 saturated heterocycles. The van der Waals surface area contributed by atoms with Crippen LogP contribution < -0.4 is 0 Å². The molecule has 0 aromatic rings. The monoisotopic (exact) mass is 248 g/mol. The third-order valence-corrected chi connectivity index (χ3v) is 1.87. The Balaban J connectivity index is 2.96. The van der Waals surface area contributed by atoms with E-state index in [0.717, 1.165) is 13.0 Å². The molecular weight excluding hydrogens is 224 g/mol. The summed E-state index contributed by atoms with van der Waals surface area (Å²) in [4.78, 5) is 10.8. The van der Waals surface area contributed by atoms with E-state index >= 15 is 0 Å². The number of rotatable bonds is 12. The van der Waals surface area contributed by atoms with Crippen LogP contribution in [0.25, 0.3) is 0 Å². The van der Waals surface area contributed by atoms with Gasteiger partial charge in [-0.3, -0.25) is 4.79 Å². The molecule has 17 heavy (non-hydrogen) atoms. The minimum absolute atomic E-state index is 0.196. The Kier molecular flexibility index (Phi) is 12.9. The largest absolute Gasteiger partial charge is 0.463 e. The summed E-state index contributed by atoms with van der Waals surface area (Å²) in [5.74, 6) is -0.196. The number of hydrogen-bond acceptors (Lipinski definition) is 5. The third-order valence-electron chi connectivity index (χ3n) is 1.87.